The molecule has 0 amide bonds. The van der Waals surface area contributed by atoms with Crippen LogP contribution in [0.3, 0.4) is 0 Å². The van der Waals surface area contributed by atoms with E-state index in [-0.39, 0.29) is 5.56 Å². The first-order valence-electron chi connectivity index (χ1n) is 7.78. The molecule has 24 heavy (non-hydrogen) atoms. The largest absolute Gasteiger partial charge is 0.297 e. The van der Waals surface area contributed by atoms with Crippen molar-refractivity contribution in [1.29, 1.82) is 0 Å². The molecule has 0 N–H and O–H groups in total. The van der Waals surface area contributed by atoms with Gasteiger partial charge in [0.2, 0.25) is 0 Å². The Morgan fingerprint density at radius 3 is 2.25 bits per heavy atom. The molecule has 0 aliphatic carbocycles. The first-order valence-corrected chi connectivity index (χ1v) is 7.78. The van der Waals surface area contributed by atoms with Crippen LogP contribution in [0.25, 0.3) is 11.8 Å². The maximum absolute atomic E-state index is 12.7. The van der Waals surface area contributed by atoms with Gasteiger partial charge in [0, 0.05) is 13.3 Å². The number of nitrogens with zero attached hydrogens (tertiary/aromatic N) is 3. The van der Waals surface area contributed by atoms with Crippen LogP contribution in [0.1, 0.15) is 11.3 Å². The fourth-order valence-electron chi connectivity index (χ4n) is 2.54. The Morgan fingerprint density at radius 1 is 0.958 bits per heavy atom. The summed E-state index contributed by atoms with van der Waals surface area (Å²) in [6.07, 6.45) is 5.46. The highest BCUT2D eigenvalue weighted by Gasteiger charge is 2.14. The molecule has 0 aliphatic heterocycles. The van der Waals surface area contributed by atoms with Crippen LogP contribution in [0, 0.1) is 6.92 Å². The van der Waals surface area contributed by atoms with Crippen molar-refractivity contribution in [1.82, 2.24) is 9.36 Å². The highest BCUT2D eigenvalue weighted by atomic mass is 16.1. The summed E-state index contributed by atoms with van der Waals surface area (Å²) in [7, 11) is 1.86. The van der Waals surface area contributed by atoms with Crippen molar-refractivity contribution >= 4 is 18.0 Å². The molecule has 2 aromatic carbocycles. The number of para-hydroxylation sites is 1. The molecule has 4 heteroatoms. The van der Waals surface area contributed by atoms with Gasteiger partial charge in [-0.15, -0.1) is 0 Å². The zero-order valence-corrected chi connectivity index (χ0v) is 13.8. The Hall–Kier alpha value is -3.14. The molecule has 0 spiro atoms. The van der Waals surface area contributed by atoms with Crippen molar-refractivity contribution in [3.05, 3.63) is 88.4 Å². The lowest BCUT2D eigenvalue weighted by Gasteiger charge is -2.07. The van der Waals surface area contributed by atoms with Crippen molar-refractivity contribution in [2.75, 3.05) is 0 Å². The van der Waals surface area contributed by atoms with Gasteiger partial charge in [-0.2, -0.15) is 0 Å². The van der Waals surface area contributed by atoms with Gasteiger partial charge in [-0.3, -0.25) is 9.48 Å². The zero-order chi connectivity index (χ0) is 16.9. The van der Waals surface area contributed by atoms with Gasteiger partial charge in [-0.1, -0.05) is 54.6 Å². The van der Waals surface area contributed by atoms with Crippen molar-refractivity contribution in [3.8, 4) is 5.69 Å². The second-order valence-electron chi connectivity index (χ2n) is 5.46. The van der Waals surface area contributed by atoms with Crippen LogP contribution in [-0.2, 0) is 7.05 Å². The van der Waals surface area contributed by atoms with Crippen LogP contribution >= 0.6 is 0 Å². The number of allylic oxidation sites excluding steroid dienone is 1. The van der Waals surface area contributed by atoms with Crippen LogP contribution in [0.4, 0.5) is 5.69 Å². The Morgan fingerprint density at radius 2 is 1.58 bits per heavy atom. The van der Waals surface area contributed by atoms with E-state index in [2.05, 4.69) is 4.99 Å². The molecule has 0 saturated heterocycles. The predicted molar refractivity (Wildman–Crippen MR) is 99.4 cm³/mol. The van der Waals surface area contributed by atoms with E-state index in [1.807, 2.05) is 91.5 Å². The van der Waals surface area contributed by atoms with Crippen LogP contribution < -0.4 is 5.56 Å². The van der Waals surface area contributed by atoms with Crippen LogP contribution in [0.2, 0.25) is 0 Å². The van der Waals surface area contributed by atoms with E-state index in [1.54, 1.807) is 10.9 Å². The lowest BCUT2D eigenvalue weighted by atomic mass is 10.2. The quantitative estimate of drug-likeness (QED) is 0.673. The molecular weight excluding hydrogens is 298 g/mol. The maximum atomic E-state index is 12.7. The number of benzene rings is 2. The molecule has 1 aromatic heterocycles. The molecule has 0 atom stereocenters. The topological polar surface area (TPSA) is 39.3 Å². The van der Waals surface area contributed by atoms with Crippen LogP contribution in [0.5, 0.6) is 0 Å². The number of aromatic nitrogens is 2. The number of rotatable bonds is 4. The third kappa shape index (κ3) is 3.13. The van der Waals surface area contributed by atoms with Gasteiger partial charge in [0.05, 0.1) is 11.4 Å². The monoisotopic (exact) mass is 317 g/mol. The summed E-state index contributed by atoms with van der Waals surface area (Å²) in [6, 6.07) is 19.5. The van der Waals surface area contributed by atoms with Gasteiger partial charge in [0.15, 0.2) is 5.69 Å². The van der Waals surface area contributed by atoms with Crippen LogP contribution in [-0.4, -0.2) is 15.6 Å². The second-order valence-corrected chi connectivity index (χ2v) is 5.46. The first-order chi connectivity index (χ1) is 11.7. The molecule has 0 unspecified atom stereocenters. The number of hydrogen-bond acceptors (Lipinski definition) is 2. The SMILES string of the molecule is Cc1c(N=C/C=C/c2ccccc2)c(=O)n(-c2ccccc2)n1C. The van der Waals surface area contributed by atoms with E-state index in [9.17, 15) is 4.79 Å². The third-order valence-corrected chi connectivity index (χ3v) is 3.90. The number of hydrogen-bond donors (Lipinski definition) is 0. The zero-order valence-electron chi connectivity index (χ0n) is 13.8. The van der Waals surface area contributed by atoms with Crippen LogP contribution in [0.15, 0.2) is 76.5 Å². The minimum Gasteiger partial charge on any atom is -0.283 e. The minimum atomic E-state index is -0.120. The van der Waals surface area contributed by atoms with E-state index < -0.39 is 0 Å². The molecule has 0 fully saturated rings. The molecule has 3 rings (SSSR count). The van der Waals surface area contributed by atoms with Gasteiger partial charge >= 0.3 is 0 Å². The summed E-state index contributed by atoms with van der Waals surface area (Å²) < 4.78 is 3.45. The Labute approximate surface area is 141 Å². The van der Waals surface area contributed by atoms with E-state index in [4.69, 9.17) is 0 Å². The van der Waals surface area contributed by atoms with E-state index in [0.717, 1.165) is 16.9 Å². The summed E-state index contributed by atoms with van der Waals surface area (Å²) in [5.74, 6) is 0. The second kappa shape index (κ2) is 6.96. The van der Waals surface area contributed by atoms with E-state index in [1.165, 1.54) is 0 Å². The fourth-order valence-corrected chi connectivity index (χ4v) is 2.54. The average molecular weight is 317 g/mol. The Balaban J connectivity index is 1.91. The summed E-state index contributed by atoms with van der Waals surface area (Å²) in [5.41, 5.74) is 3.09. The van der Waals surface area contributed by atoms with Crippen molar-refractivity contribution in [2.24, 2.45) is 12.0 Å². The molecule has 0 saturated carbocycles. The summed E-state index contributed by atoms with van der Waals surface area (Å²) in [4.78, 5) is 17.0. The molecule has 1 heterocycles. The molecular formula is C20H19N3O. The number of aliphatic imine (C=N–C) groups is 1. The van der Waals surface area contributed by atoms with Gasteiger partial charge in [-0.25, -0.2) is 9.67 Å². The van der Waals surface area contributed by atoms with Gasteiger partial charge in [0.1, 0.15) is 0 Å². The predicted octanol–water partition coefficient (Wildman–Crippen LogP) is 3.90. The van der Waals surface area contributed by atoms with Crippen molar-refractivity contribution < 1.29 is 0 Å². The van der Waals surface area contributed by atoms with E-state index >= 15 is 0 Å². The van der Waals surface area contributed by atoms with E-state index in [0.29, 0.717) is 5.69 Å². The minimum absolute atomic E-state index is 0.120. The lowest BCUT2D eigenvalue weighted by Crippen LogP contribution is -2.19. The Bertz CT molecular complexity index is 932. The summed E-state index contributed by atoms with van der Waals surface area (Å²) in [6.45, 7) is 1.90. The summed E-state index contributed by atoms with van der Waals surface area (Å²) in [5, 5.41) is 0. The molecule has 0 bridgehead atoms. The lowest BCUT2D eigenvalue weighted by molar-refractivity contribution is 0.630. The Kier molecular flexibility index (Phi) is 4.57. The van der Waals surface area contributed by atoms with Crippen molar-refractivity contribution in [3.63, 3.8) is 0 Å². The maximum Gasteiger partial charge on any atom is 0.297 e. The average Bonchev–Trinajstić information content (AvgIpc) is 2.83. The molecule has 3 aromatic rings. The smallest absolute Gasteiger partial charge is 0.283 e. The molecule has 120 valence electrons. The highest BCUT2D eigenvalue weighted by molar-refractivity contribution is 5.80. The van der Waals surface area contributed by atoms with Crippen molar-refractivity contribution in [2.45, 2.75) is 6.92 Å². The molecule has 4 nitrogen and oxygen atoms in total. The third-order valence-electron chi connectivity index (χ3n) is 3.90. The highest BCUT2D eigenvalue weighted by Crippen LogP contribution is 2.16. The fraction of sp³-hybridized carbons (Fsp3) is 0.100. The first kappa shape index (κ1) is 15.7. The molecule has 0 radical (unpaired) electrons. The normalized spacial score (nSPS) is 11.6. The van der Waals surface area contributed by atoms with Gasteiger partial charge in [0.25, 0.3) is 5.56 Å². The summed E-state index contributed by atoms with van der Waals surface area (Å²) >= 11 is 0. The van der Waals surface area contributed by atoms with Gasteiger partial charge in [-0.05, 0) is 30.7 Å². The standard InChI is InChI=1S/C20H19N3O/c1-16-19(21-15-9-12-17-10-5-3-6-11-17)20(24)23(22(16)2)18-13-7-4-8-14-18/h3-15H,1-2H3/b12-9+,21-15?. The van der Waals surface area contributed by atoms with Gasteiger partial charge < -0.3 is 0 Å². The molecule has 0 aliphatic rings.